The number of halogens is 2. The first-order valence-corrected chi connectivity index (χ1v) is 10.7. The molecule has 2 heterocycles. The molecule has 3 rings (SSSR count). The minimum Gasteiger partial charge on any atom is -0.435 e. The molecule has 1 aromatic carbocycles. The molecule has 8 nitrogen and oxygen atoms in total. The van der Waals surface area contributed by atoms with E-state index in [1.54, 1.807) is 18.2 Å². The molecule has 0 atom stereocenters. The summed E-state index contributed by atoms with van der Waals surface area (Å²) in [5, 5.41) is 2.86. The van der Waals surface area contributed by atoms with Gasteiger partial charge in [-0.05, 0) is 42.5 Å². The van der Waals surface area contributed by atoms with Gasteiger partial charge in [-0.15, -0.1) is 0 Å². The van der Waals surface area contributed by atoms with Gasteiger partial charge in [0.25, 0.3) is 11.5 Å². The van der Waals surface area contributed by atoms with Crippen LogP contribution in [0.4, 0.5) is 8.78 Å². The number of benzene rings is 1. The SMILES string of the molecule is CCCn1c(=O)[nH]c(=O)c2c(C(=O)NCCc3ccc(OC(F)F)cc3)cc(C(C)C)nc21. The second-order valence-corrected chi connectivity index (χ2v) is 7.89. The molecule has 2 N–H and O–H groups in total. The Balaban J connectivity index is 1.87. The number of H-pyrrole nitrogens is 1. The first-order chi connectivity index (χ1) is 15.7. The highest BCUT2D eigenvalue weighted by Gasteiger charge is 2.20. The number of nitrogens with zero attached hydrogens (tertiary/aromatic N) is 2. The van der Waals surface area contributed by atoms with Crippen LogP contribution in [0.15, 0.2) is 39.9 Å². The molecule has 3 aromatic rings. The Morgan fingerprint density at radius 3 is 2.52 bits per heavy atom. The van der Waals surface area contributed by atoms with E-state index in [1.165, 1.54) is 16.7 Å². The summed E-state index contributed by atoms with van der Waals surface area (Å²) in [4.78, 5) is 44.8. The number of pyridine rings is 1. The van der Waals surface area contributed by atoms with Crippen LogP contribution in [0.25, 0.3) is 11.0 Å². The topological polar surface area (TPSA) is 106 Å². The number of hydrogen-bond acceptors (Lipinski definition) is 5. The number of carbonyl (C=O) groups is 1. The first kappa shape index (κ1) is 24.1. The number of rotatable bonds is 9. The Morgan fingerprint density at radius 1 is 1.21 bits per heavy atom. The van der Waals surface area contributed by atoms with Gasteiger partial charge >= 0.3 is 12.3 Å². The van der Waals surface area contributed by atoms with Crippen molar-refractivity contribution in [1.82, 2.24) is 19.9 Å². The zero-order valence-corrected chi connectivity index (χ0v) is 18.7. The van der Waals surface area contributed by atoms with E-state index in [4.69, 9.17) is 0 Å². The van der Waals surface area contributed by atoms with Gasteiger partial charge in [-0.1, -0.05) is 32.9 Å². The molecule has 2 aromatic heterocycles. The predicted octanol–water partition coefficient (Wildman–Crippen LogP) is 3.19. The lowest BCUT2D eigenvalue weighted by Gasteiger charge is -2.14. The van der Waals surface area contributed by atoms with Crippen LogP contribution >= 0.6 is 0 Å². The summed E-state index contributed by atoms with van der Waals surface area (Å²) in [7, 11) is 0. The van der Waals surface area contributed by atoms with Crippen molar-refractivity contribution < 1.29 is 18.3 Å². The highest BCUT2D eigenvalue weighted by Crippen LogP contribution is 2.20. The van der Waals surface area contributed by atoms with Crippen molar-refractivity contribution >= 4 is 16.9 Å². The zero-order chi connectivity index (χ0) is 24.1. The number of alkyl halides is 2. The smallest absolute Gasteiger partial charge is 0.387 e. The maximum Gasteiger partial charge on any atom is 0.387 e. The van der Waals surface area contributed by atoms with Crippen LogP contribution < -0.4 is 21.3 Å². The van der Waals surface area contributed by atoms with Gasteiger partial charge in [0.15, 0.2) is 5.65 Å². The molecule has 10 heteroatoms. The van der Waals surface area contributed by atoms with E-state index < -0.39 is 23.8 Å². The standard InChI is InChI=1S/C23H26F2N4O4/c1-4-11-29-19-18(21(31)28-23(29)32)16(12-17(27-19)13(2)3)20(30)26-10-9-14-5-7-15(8-6-14)33-22(24)25/h5-8,12-13,22H,4,9-11H2,1-3H3,(H,26,30)(H,28,31,32). The van der Waals surface area contributed by atoms with Crippen LogP contribution in [0.5, 0.6) is 5.75 Å². The number of ether oxygens (including phenoxy) is 1. The van der Waals surface area contributed by atoms with Gasteiger partial charge in [0.05, 0.1) is 10.9 Å². The molecule has 0 saturated heterocycles. The highest BCUT2D eigenvalue weighted by molar-refractivity contribution is 6.05. The monoisotopic (exact) mass is 460 g/mol. The fourth-order valence-electron chi connectivity index (χ4n) is 3.45. The van der Waals surface area contributed by atoms with E-state index in [0.29, 0.717) is 25.1 Å². The van der Waals surface area contributed by atoms with E-state index in [9.17, 15) is 23.2 Å². The van der Waals surface area contributed by atoms with Crippen LogP contribution in [0.3, 0.4) is 0 Å². The Bertz CT molecular complexity index is 1250. The van der Waals surface area contributed by atoms with Crippen molar-refractivity contribution in [3.63, 3.8) is 0 Å². The molecule has 0 fully saturated rings. The molecule has 0 bridgehead atoms. The van der Waals surface area contributed by atoms with Gasteiger partial charge in [0.2, 0.25) is 0 Å². The van der Waals surface area contributed by atoms with Crippen molar-refractivity contribution in [3.8, 4) is 5.75 Å². The van der Waals surface area contributed by atoms with Crippen molar-refractivity contribution in [2.24, 2.45) is 0 Å². The maximum absolute atomic E-state index is 13.0. The molecule has 0 aliphatic carbocycles. The summed E-state index contributed by atoms with van der Waals surface area (Å²) >= 11 is 0. The summed E-state index contributed by atoms with van der Waals surface area (Å²) in [6, 6.07) is 7.71. The number of aromatic nitrogens is 3. The van der Waals surface area contributed by atoms with E-state index >= 15 is 0 Å². The highest BCUT2D eigenvalue weighted by atomic mass is 19.3. The quantitative estimate of drug-likeness (QED) is 0.510. The molecule has 1 amide bonds. The summed E-state index contributed by atoms with van der Waals surface area (Å²) in [6.07, 6.45) is 1.09. The van der Waals surface area contributed by atoms with Crippen molar-refractivity contribution in [1.29, 1.82) is 0 Å². The third-order valence-corrected chi connectivity index (χ3v) is 5.10. The molecule has 0 aliphatic rings. The Morgan fingerprint density at radius 2 is 1.91 bits per heavy atom. The number of aromatic amines is 1. The number of nitrogens with one attached hydrogen (secondary N) is 2. The van der Waals surface area contributed by atoms with E-state index in [-0.39, 0.29) is 34.8 Å². The van der Waals surface area contributed by atoms with Crippen LogP contribution in [0, 0.1) is 0 Å². The lowest BCUT2D eigenvalue weighted by molar-refractivity contribution is -0.0498. The molecular weight excluding hydrogens is 434 g/mol. The molecule has 0 aliphatic heterocycles. The second kappa shape index (κ2) is 10.4. The molecular formula is C23H26F2N4O4. The summed E-state index contributed by atoms with van der Waals surface area (Å²) in [6.45, 7) is 3.43. The maximum atomic E-state index is 13.0. The molecule has 0 saturated carbocycles. The minimum absolute atomic E-state index is 0.0283. The Kier molecular flexibility index (Phi) is 7.57. The number of hydrogen-bond donors (Lipinski definition) is 2. The number of fused-ring (bicyclic) bond motifs is 1. The average molecular weight is 460 g/mol. The second-order valence-electron chi connectivity index (χ2n) is 7.89. The number of carbonyl (C=O) groups excluding carboxylic acids is 1. The van der Waals surface area contributed by atoms with Gasteiger partial charge < -0.3 is 10.1 Å². The Labute approximate surface area is 188 Å². The van der Waals surface area contributed by atoms with Crippen LogP contribution in [-0.2, 0) is 13.0 Å². The molecule has 0 spiro atoms. The third-order valence-electron chi connectivity index (χ3n) is 5.10. The fraction of sp³-hybridized carbons (Fsp3) is 0.391. The number of amides is 1. The summed E-state index contributed by atoms with van der Waals surface area (Å²) < 4.78 is 30.2. The molecule has 176 valence electrons. The van der Waals surface area contributed by atoms with Gasteiger partial charge in [-0.25, -0.2) is 9.78 Å². The predicted molar refractivity (Wildman–Crippen MR) is 120 cm³/mol. The van der Waals surface area contributed by atoms with Crippen LogP contribution in [0.1, 0.15) is 54.7 Å². The minimum atomic E-state index is -2.89. The lowest BCUT2D eigenvalue weighted by Crippen LogP contribution is -2.34. The summed E-state index contributed by atoms with van der Waals surface area (Å²) in [5.41, 5.74) is 0.525. The average Bonchev–Trinajstić information content (AvgIpc) is 2.76. The van der Waals surface area contributed by atoms with Gasteiger partial charge in [-0.3, -0.25) is 19.1 Å². The van der Waals surface area contributed by atoms with Crippen molar-refractivity contribution in [2.75, 3.05) is 6.54 Å². The number of aryl methyl sites for hydroxylation is 1. The van der Waals surface area contributed by atoms with Crippen LogP contribution in [0.2, 0.25) is 0 Å². The van der Waals surface area contributed by atoms with Gasteiger partial charge in [0, 0.05) is 18.8 Å². The van der Waals surface area contributed by atoms with E-state index in [1.807, 2.05) is 20.8 Å². The lowest BCUT2D eigenvalue weighted by atomic mass is 10.0. The molecule has 33 heavy (non-hydrogen) atoms. The van der Waals surface area contributed by atoms with E-state index in [2.05, 4.69) is 20.0 Å². The van der Waals surface area contributed by atoms with Crippen molar-refractivity contribution in [2.45, 2.75) is 52.7 Å². The first-order valence-electron chi connectivity index (χ1n) is 10.7. The summed E-state index contributed by atoms with van der Waals surface area (Å²) in [5.74, 6) is -0.437. The zero-order valence-electron chi connectivity index (χ0n) is 18.7. The third kappa shape index (κ3) is 5.63. The largest absolute Gasteiger partial charge is 0.435 e. The molecule has 0 radical (unpaired) electrons. The normalized spacial score (nSPS) is 11.4. The fourth-order valence-corrected chi connectivity index (χ4v) is 3.45. The van der Waals surface area contributed by atoms with Gasteiger partial charge in [-0.2, -0.15) is 8.78 Å². The van der Waals surface area contributed by atoms with Crippen molar-refractivity contribution in [3.05, 3.63) is 68.0 Å². The Hall–Kier alpha value is -3.56. The molecule has 0 unspecified atom stereocenters. The van der Waals surface area contributed by atoms with E-state index in [0.717, 1.165) is 5.56 Å². The van der Waals surface area contributed by atoms with Crippen LogP contribution in [-0.4, -0.2) is 33.6 Å². The van der Waals surface area contributed by atoms with Gasteiger partial charge in [0.1, 0.15) is 5.75 Å².